The van der Waals surface area contributed by atoms with Crippen LogP contribution in [0.2, 0.25) is 0 Å². The zero-order chi connectivity index (χ0) is 18.5. The summed E-state index contributed by atoms with van der Waals surface area (Å²) in [6.45, 7) is 6.36. The number of ether oxygens (including phenoxy) is 4. The third-order valence-electron chi connectivity index (χ3n) is 5.77. The van der Waals surface area contributed by atoms with Gasteiger partial charge >= 0.3 is 0 Å². The molecular formula is C22H25NO4. The monoisotopic (exact) mass is 367 g/mol. The van der Waals surface area contributed by atoms with Crippen LogP contribution in [0.5, 0.6) is 23.0 Å². The van der Waals surface area contributed by atoms with Gasteiger partial charge in [0.25, 0.3) is 0 Å². The Morgan fingerprint density at radius 2 is 1.93 bits per heavy atom. The Morgan fingerprint density at radius 3 is 2.70 bits per heavy atom. The molecule has 0 aromatic heterocycles. The van der Waals surface area contributed by atoms with Gasteiger partial charge in [-0.15, -0.1) is 0 Å². The number of hydrogen-bond donors (Lipinski definition) is 0. The minimum atomic E-state index is 0.116. The van der Waals surface area contributed by atoms with Crippen molar-refractivity contribution in [2.24, 2.45) is 0 Å². The molecule has 27 heavy (non-hydrogen) atoms. The van der Waals surface area contributed by atoms with Crippen LogP contribution in [0.4, 0.5) is 0 Å². The molecule has 0 bridgehead atoms. The number of nitrogens with zero attached hydrogens (tertiary/aromatic N) is 1. The number of fused-ring (bicyclic) bond motifs is 5. The molecular weight excluding hydrogens is 342 g/mol. The molecule has 0 spiro atoms. The molecule has 5 rings (SSSR count). The summed E-state index contributed by atoms with van der Waals surface area (Å²) >= 11 is 0. The van der Waals surface area contributed by atoms with Crippen LogP contribution in [0.25, 0.3) is 0 Å². The van der Waals surface area contributed by atoms with E-state index >= 15 is 0 Å². The Bertz CT molecular complexity index is 892. The first kappa shape index (κ1) is 16.8. The van der Waals surface area contributed by atoms with Gasteiger partial charge in [0.15, 0.2) is 23.0 Å². The van der Waals surface area contributed by atoms with Gasteiger partial charge in [0.05, 0.1) is 13.2 Å². The van der Waals surface area contributed by atoms with Gasteiger partial charge in [-0.1, -0.05) is 6.07 Å². The quantitative estimate of drug-likeness (QED) is 0.824. The molecule has 3 aliphatic rings. The maximum Gasteiger partial charge on any atom is 0.231 e. The molecule has 2 aromatic carbocycles. The lowest BCUT2D eigenvalue weighted by molar-refractivity contribution is 0.152. The van der Waals surface area contributed by atoms with Crippen molar-refractivity contribution in [3.8, 4) is 23.0 Å². The van der Waals surface area contributed by atoms with E-state index in [0.717, 1.165) is 48.9 Å². The molecule has 0 aliphatic carbocycles. The summed E-state index contributed by atoms with van der Waals surface area (Å²) in [6, 6.07) is 8.96. The third-order valence-corrected chi connectivity index (χ3v) is 5.77. The van der Waals surface area contributed by atoms with E-state index in [1.807, 2.05) is 6.07 Å². The lowest BCUT2D eigenvalue weighted by Crippen LogP contribution is -2.39. The van der Waals surface area contributed by atoms with Crippen LogP contribution in [0.3, 0.4) is 0 Å². The van der Waals surface area contributed by atoms with Gasteiger partial charge in [0, 0.05) is 24.7 Å². The lowest BCUT2D eigenvalue weighted by Gasteiger charge is -2.42. The van der Waals surface area contributed by atoms with Crippen LogP contribution in [0, 0.1) is 0 Å². The highest BCUT2D eigenvalue weighted by molar-refractivity contribution is 5.55. The van der Waals surface area contributed by atoms with Crippen molar-refractivity contribution in [1.82, 2.24) is 4.90 Å². The topological polar surface area (TPSA) is 40.2 Å². The van der Waals surface area contributed by atoms with E-state index in [2.05, 4.69) is 36.9 Å². The van der Waals surface area contributed by atoms with Crippen LogP contribution in [0.15, 0.2) is 24.3 Å². The molecule has 3 aliphatic heterocycles. The fourth-order valence-corrected chi connectivity index (χ4v) is 4.52. The van der Waals surface area contributed by atoms with Crippen molar-refractivity contribution in [2.75, 3.05) is 20.4 Å². The summed E-state index contributed by atoms with van der Waals surface area (Å²) in [7, 11) is 1.71. The highest BCUT2D eigenvalue weighted by atomic mass is 16.7. The van der Waals surface area contributed by atoms with E-state index in [0.29, 0.717) is 12.8 Å². The van der Waals surface area contributed by atoms with Crippen LogP contribution >= 0.6 is 0 Å². The Labute approximate surface area is 159 Å². The van der Waals surface area contributed by atoms with Gasteiger partial charge in [-0.05, 0) is 61.6 Å². The standard InChI is InChI=1S/C22H25NO4/c1-13(2)27-22-17-11-23-7-6-15-9-20-21(26-12-25-20)10-16(15)18(23)8-14(17)4-5-19(22)24-3/h4-5,9-10,13,18H,6-8,11-12H2,1-3H3. The first-order valence-corrected chi connectivity index (χ1v) is 9.66. The van der Waals surface area contributed by atoms with Gasteiger partial charge in [0.1, 0.15) is 0 Å². The second-order valence-corrected chi connectivity index (χ2v) is 7.75. The highest BCUT2D eigenvalue weighted by Crippen LogP contribution is 2.46. The zero-order valence-corrected chi connectivity index (χ0v) is 16.1. The highest BCUT2D eigenvalue weighted by Gasteiger charge is 2.35. The largest absolute Gasteiger partial charge is 0.493 e. The van der Waals surface area contributed by atoms with Crippen LogP contribution < -0.4 is 18.9 Å². The van der Waals surface area contributed by atoms with Crippen molar-refractivity contribution >= 4 is 0 Å². The SMILES string of the molecule is COc1ccc2c(c1OC(C)C)CN1CCc3cc4c(cc3C1C2)OCO4. The Morgan fingerprint density at radius 1 is 1.11 bits per heavy atom. The minimum absolute atomic E-state index is 0.116. The average molecular weight is 367 g/mol. The van der Waals surface area contributed by atoms with E-state index in [1.54, 1.807) is 7.11 Å². The van der Waals surface area contributed by atoms with Crippen LogP contribution in [0.1, 0.15) is 42.1 Å². The predicted molar refractivity (Wildman–Crippen MR) is 102 cm³/mol. The molecule has 2 aromatic rings. The summed E-state index contributed by atoms with van der Waals surface area (Å²) < 4.78 is 22.9. The van der Waals surface area contributed by atoms with Crippen molar-refractivity contribution < 1.29 is 18.9 Å². The van der Waals surface area contributed by atoms with E-state index in [9.17, 15) is 0 Å². The van der Waals surface area contributed by atoms with Gasteiger partial charge in [-0.3, -0.25) is 4.90 Å². The normalized spacial score (nSPS) is 20.1. The molecule has 0 amide bonds. The molecule has 0 fully saturated rings. The summed E-state index contributed by atoms with van der Waals surface area (Å²) in [4.78, 5) is 2.56. The van der Waals surface area contributed by atoms with Crippen molar-refractivity contribution in [2.45, 2.75) is 45.4 Å². The second-order valence-electron chi connectivity index (χ2n) is 7.75. The second kappa shape index (κ2) is 6.34. The van der Waals surface area contributed by atoms with Gasteiger partial charge in [-0.2, -0.15) is 0 Å². The zero-order valence-electron chi connectivity index (χ0n) is 16.1. The number of hydrogen-bond acceptors (Lipinski definition) is 5. The van der Waals surface area contributed by atoms with Crippen LogP contribution in [-0.2, 0) is 19.4 Å². The third kappa shape index (κ3) is 2.72. The molecule has 1 unspecified atom stereocenters. The maximum absolute atomic E-state index is 6.16. The number of benzene rings is 2. The molecule has 5 heteroatoms. The summed E-state index contributed by atoms with van der Waals surface area (Å²) in [6.07, 6.45) is 2.12. The predicted octanol–water partition coefficient (Wildman–Crippen LogP) is 3.87. The molecule has 5 nitrogen and oxygen atoms in total. The molecule has 0 radical (unpaired) electrons. The Hall–Kier alpha value is -2.40. The molecule has 0 saturated heterocycles. The van der Waals surface area contributed by atoms with Crippen molar-refractivity contribution in [1.29, 1.82) is 0 Å². The minimum Gasteiger partial charge on any atom is -0.493 e. The van der Waals surface area contributed by atoms with E-state index < -0.39 is 0 Å². The van der Waals surface area contributed by atoms with E-state index in [1.165, 1.54) is 22.3 Å². The molecule has 1 atom stereocenters. The molecule has 142 valence electrons. The summed E-state index contributed by atoms with van der Waals surface area (Å²) in [5.41, 5.74) is 5.37. The smallest absolute Gasteiger partial charge is 0.231 e. The molecule has 0 saturated carbocycles. The van der Waals surface area contributed by atoms with Crippen molar-refractivity contribution in [3.63, 3.8) is 0 Å². The van der Waals surface area contributed by atoms with Crippen LogP contribution in [-0.4, -0.2) is 31.5 Å². The molecule has 3 heterocycles. The average Bonchev–Trinajstić information content (AvgIpc) is 3.12. The maximum atomic E-state index is 6.16. The van der Waals surface area contributed by atoms with E-state index in [-0.39, 0.29) is 6.10 Å². The molecule has 0 N–H and O–H groups in total. The lowest BCUT2D eigenvalue weighted by atomic mass is 9.83. The van der Waals surface area contributed by atoms with Gasteiger partial charge in [0.2, 0.25) is 6.79 Å². The first-order chi connectivity index (χ1) is 13.1. The Kier molecular flexibility index (Phi) is 3.93. The Balaban J connectivity index is 1.55. The van der Waals surface area contributed by atoms with Gasteiger partial charge < -0.3 is 18.9 Å². The summed E-state index contributed by atoms with van der Waals surface area (Å²) in [5.74, 6) is 3.48. The first-order valence-electron chi connectivity index (χ1n) is 9.66. The number of methoxy groups -OCH3 is 1. The number of rotatable bonds is 3. The summed E-state index contributed by atoms with van der Waals surface area (Å²) in [5, 5.41) is 0. The van der Waals surface area contributed by atoms with Gasteiger partial charge in [-0.25, -0.2) is 0 Å². The van der Waals surface area contributed by atoms with E-state index in [4.69, 9.17) is 18.9 Å². The van der Waals surface area contributed by atoms with Crippen molar-refractivity contribution in [3.05, 3.63) is 46.5 Å². The fourth-order valence-electron chi connectivity index (χ4n) is 4.52. The fraction of sp³-hybridized carbons (Fsp3) is 0.455.